The van der Waals surface area contributed by atoms with Crippen molar-refractivity contribution in [3.8, 4) is 0 Å². The van der Waals surface area contributed by atoms with Crippen LogP contribution in [0.2, 0.25) is 0 Å². The smallest absolute Gasteiger partial charge is 0.252 e. The van der Waals surface area contributed by atoms with Gasteiger partial charge in [-0.3, -0.25) is 18.6 Å². The molecule has 2 N–H and O–H groups in total. The van der Waals surface area contributed by atoms with E-state index < -0.39 is 9.73 Å². The molecule has 0 spiro atoms. The van der Waals surface area contributed by atoms with E-state index in [0.29, 0.717) is 24.5 Å². The van der Waals surface area contributed by atoms with Gasteiger partial charge in [0.1, 0.15) is 5.78 Å². The number of amides is 1. The molecule has 1 aromatic heterocycles. The summed E-state index contributed by atoms with van der Waals surface area (Å²) in [5, 5.41) is 3.08. The lowest BCUT2D eigenvalue weighted by molar-refractivity contribution is -0.119. The van der Waals surface area contributed by atoms with Gasteiger partial charge in [-0.2, -0.15) is 0 Å². The van der Waals surface area contributed by atoms with E-state index in [1.54, 1.807) is 11.3 Å². The summed E-state index contributed by atoms with van der Waals surface area (Å²) in [6.45, 7) is 0.721. The first-order valence-electron chi connectivity index (χ1n) is 9.96. The molecule has 2 fully saturated rings. The van der Waals surface area contributed by atoms with Crippen molar-refractivity contribution in [3.05, 3.63) is 20.9 Å². The zero-order valence-electron chi connectivity index (χ0n) is 15.8. The first-order valence-corrected chi connectivity index (χ1v) is 12.9. The highest BCUT2D eigenvalue weighted by atomic mass is 32.2. The van der Waals surface area contributed by atoms with Crippen LogP contribution in [0, 0.1) is 22.5 Å². The Kier molecular flexibility index (Phi) is 5.18. The van der Waals surface area contributed by atoms with E-state index in [-0.39, 0.29) is 23.5 Å². The van der Waals surface area contributed by atoms with Crippen LogP contribution in [0.25, 0.3) is 0 Å². The molecule has 0 aliphatic heterocycles. The molecule has 2 atom stereocenters. The number of aryl methyl sites for hydroxylation is 1. The Labute approximate surface area is 165 Å². The van der Waals surface area contributed by atoms with Crippen molar-refractivity contribution in [2.75, 3.05) is 18.6 Å². The van der Waals surface area contributed by atoms with Gasteiger partial charge in [-0.15, -0.1) is 11.3 Å². The fourth-order valence-corrected chi connectivity index (χ4v) is 6.59. The van der Waals surface area contributed by atoms with Crippen molar-refractivity contribution in [3.63, 3.8) is 0 Å². The van der Waals surface area contributed by atoms with Crippen LogP contribution in [-0.4, -0.2) is 34.5 Å². The summed E-state index contributed by atoms with van der Waals surface area (Å²) in [5.41, 5.74) is 1.79. The lowest BCUT2D eigenvalue weighted by Gasteiger charge is -2.23. The van der Waals surface area contributed by atoms with E-state index in [9.17, 15) is 13.8 Å². The normalized spacial score (nSPS) is 24.1. The average Bonchev–Trinajstić information content (AvgIpc) is 3.48. The molecule has 2 unspecified atom stereocenters. The van der Waals surface area contributed by atoms with Gasteiger partial charge < -0.3 is 5.32 Å². The second kappa shape index (κ2) is 7.32. The maximum Gasteiger partial charge on any atom is 0.252 e. The van der Waals surface area contributed by atoms with Crippen LogP contribution in [0.4, 0.5) is 0 Å². The molecule has 1 aromatic rings. The van der Waals surface area contributed by atoms with Gasteiger partial charge in [-0.1, -0.05) is 0 Å². The summed E-state index contributed by atoms with van der Waals surface area (Å²) < 4.78 is 19.7. The number of rotatable bonds is 8. The van der Waals surface area contributed by atoms with Gasteiger partial charge in [0.2, 0.25) is 0 Å². The second-order valence-electron chi connectivity index (χ2n) is 8.65. The summed E-state index contributed by atoms with van der Waals surface area (Å²) >= 11 is 1.63. The minimum atomic E-state index is -2.54. The highest BCUT2D eigenvalue weighted by Gasteiger charge is 2.34. The van der Waals surface area contributed by atoms with E-state index in [1.807, 2.05) is 0 Å². The maximum absolute atomic E-state index is 13.0. The summed E-state index contributed by atoms with van der Waals surface area (Å²) in [4.78, 5) is 27.5. The molecule has 0 saturated heterocycles. The van der Waals surface area contributed by atoms with Gasteiger partial charge in [0.15, 0.2) is 0 Å². The van der Waals surface area contributed by atoms with Gasteiger partial charge in [-0.25, -0.2) is 0 Å². The Morgan fingerprint density at radius 2 is 1.93 bits per heavy atom. The zero-order chi connectivity index (χ0) is 19.2. The van der Waals surface area contributed by atoms with Gasteiger partial charge in [0, 0.05) is 50.4 Å². The third-order valence-electron chi connectivity index (χ3n) is 5.83. The molecular weight excluding hydrogens is 380 g/mol. The Balaban J connectivity index is 1.59. The van der Waals surface area contributed by atoms with Crippen molar-refractivity contribution < 1.29 is 13.8 Å². The zero-order valence-corrected chi connectivity index (χ0v) is 17.5. The molecule has 0 bridgehead atoms. The molecular formula is C20H28N2O3S2. The van der Waals surface area contributed by atoms with E-state index in [4.69, 9.17) is 4.78 Å². The fourth-order valence-electron chi connectivity index (χ4n) is 4.05. The fraction of sp³-hybridized carbons (Fsp3) is 0.700. The predicted octanol–water partition coefficient (Wildman–Crippen LogP) is 3.19. The summed E-state index contributed by atoms with van der Waals surface area (Å²) in [7, 11) is -2.54. The molecule has 148 valence electrons. The Hall–Kier alpha value is -1.21. The highest BCUT2D eigenvalue weighted by molar-refractivity contribution is 7.91. The molecule has 2 saturated carbocycles. The Morgan fingerprint density at radius 1 is 1.19 bits per heavy atom. The molecule has 0 aromatic carbocycles. The number of nitrogens with one attached hydrogen (secondary N) is 2. The van der Waals surface area contributed by atoms with Crippen LogP contribution in [0.1, 0.15) is 57.8 Å². The largest absolute Gasteiger partial charge is 0.352 e. The number of carbonyl (C=O) groups is 2. The van der Waals surface area contributed by atoms with Crippen LogP contribution in [0.5, 0.6) is 0 Å². The number of thiophene rings is 1. The van der Waals surface area contributed by atoms with E-state index in [2.05, 4.69) is 5.32 Å². The molecule has 1 amide bonds. The second-order valence-corrected chi connectivity index (χ2v) is 12.2. The van der Waals surface area contributed by atoms with Gasteiger partial charge in [0.05, 0.1) is 5.56 Å². The van der Waals surface area contributed by atoms with E-state index in [0.717, 1.165) is 48.2 Å². The average molecular weight is 409 g/mol. The van der Waals surface area contributed by atoms with Crippen LogP contribution in [0.3, 0.4) is 0 Å². The third-order valence-corrected chi connectivity index (χ3v) is 8.23. The van der Waals surface area contributed by atoms with Crippen molar-refractivity contribution >= 4 is 32.8 Å². The van der Waals surface area contributed by atoms with E-state index >= 15 is 0 Å². The minimum Gasteiger partial charge on any atom is -0.352 e. The number of carbonyl (C=O) groups excluding carboxylic acids is 2. The first kappa shape index (κ1) is 19.1. The third kappa shape index (κ3) is 4.80. The quantitative estimate of drug-likeness (QED) is 0.692. The number of hydrogen-bond donors (Lipinski definition) is 2. The first-order chi connectivity index (χ1) is 12.8. The molecule has 27 heavy (non-hydrogen) atoms. The summed E-state index contributed by atoms with van der Waals surface area (Å²) in [5.74, 6) is 1.62. The topological polar surface area (TPSA) is 87.1 Å². The molecule has 5 nitrogen and oxygen atoms in total. The highest BCUT2D eigenvalue weighted by Crippen LogP contribution is 2.39. The molecule has 3 aliphatic carbocycles. The Morgan fingerprint density at radius 3 is 2.56 bits per heavy atom. The lowest BCUT2D eigenvalue weighted by Crippen LogP contribution is -2.29. The van der Waals surface area contributed by atoms with Gasteiger partial charge in [0.25, 0.3) is 5.91 Å². The van der Waals surface area contributed by atoms with Crippen molar-refractivity contribution in [2.24, 2.45) is 17.8 Å². The van der Waals surface area contributed by atoms with Crippen LogP contribution in [-0.2, 0) is 33.8 Å². The van der Waals surface area contributed by atoms with Crippen molar-refractivity contribution in [1.29, 1.82) is 4.78 Å². The van der Waals surface area contributed by atoms with Gasteiger partial charge in [-0.05, 0) is 62.3 Å². The lowest BCUT2D eigenvalue weighted by atomic mass is 9.86. The van der Waals surface area contributed by atoms with Crippen molar-refractivity contribution in [1.82, 2.24) is 5.32 Å². The van der Waals surface area contributed by atoms with Crippen molar-refractivity contribution in [2.45, 2.75) is 51.4 Å². The van der Waals surface area contributed by atoms with E-state index in [1.165, 1.54) is 24.0 Å². The minimum absolute atomic E-state index is 0.0400. The summed E-state index contributed by atoms with van der Waals surface area (Å²) in [6, 6.07) is 0. The van der Waals surface area contributed by atoms with Crippen LogP contribution >= 0.6 is 11.3 Å². The monoisotopic (exact) mass is 408 g/mol. The maximum atomic E-state index is 13.0. The molecule has 3 aliphatic rings. The standard InChI is InChI=1S/C20H28N2O3S2/c1-27(21,25)11-13-4-7-17-15(8-13)19(20(24)22-10-12-2-3-12)18(26-17)9-16(23)14-5-6-14/h12-14,21H,2-11H2,1H3,(H,22,24). The molecule has 7 heteroatoms. The van der Waals surface area contributed by atoms with Gasteiger partial charge >= 0.3 is 0 Å². The summed E-state index contributed by atoms with van der Waals surface area (Å²) in [6.07, 6.45) is 8.71. The molecule has 1 heterocycles. The molecule has 4 rings (SSSR count). The SMILES string of the molecule is CS(=N)(=O)CC1CCc2sc(CC(=O)C3CC3)c(C(=O)NCC3CC3)c2C1. The predicted molar refractivity (Wildman–Crippen MR) is 108 cm³/mol. The number of fused-ring (bicyclic) bond motifs is 1. The number of hydrogen-bond acceptors (Lipinski definition) is 5. The Bertz CT molecular complexity index is 864. The molecule has 0 radical (unpaired) electrons. The number of Topliss-reactive ketones (excluding diaryl/α,β-unsaturated/α-hetero) is 1. The van der Waals surface area contributed by atoms with Crippen LogP contribution in [0.15, 0.2) is 0 Å². The number of ketones is 1. The van der Waals surface area contributed by atoms with Crippen LogP contribution < -0.4 is 5.32 Å².